The molecule has 1 atom stereocenters. The average molecular weight is 360 g/mol. The SMILES string of the molecule is CSc1ccc(N2C[C@@H](c3nnc(NC(=O)C(C)C)o3)CC2=O)cc1. The number of anilines is 2. The topological polar surface area (TPSA) is 88.3 Å². The van der Waals surface area contributed by atoms with Crippen molar-refractivity contribution in [2.75, 3.05) is 23.0 Å². The average Bonchev–Trinajstić information content (AvgIpc) is 3.21. The summed E-state index contributed by atoms with van der Waals surface area (Å²) >= 11 is 1.66. The molecule has 1 N–H and O–H groups in total. The molecule has 2 heterocycles. The Hall–Kier alpha value is -2.35. The molecule has 0 bridgehead atoms. The molecule has 0 spiro atoms. The van der Waals surface area contributed by atoms with Crippen LogP contribution in [0, 0.1) is 5.92 Å². The third-order valence-electron chi connectivity index (χ3n) is 4.05. The molecule has 0 unspecified atom stereocenters. The fourth-order valence-electron chi connectivity index (χ4n) is 2.58. The van der Waals surface area contributed by atoms with Gasteiger partial charge in [-0.15, -0.1) is 16.9 Å². The maximum Gasteiger partial charge on any atom is 0.322 e. The Kier molecular flexibility index (Phi) is 5.08. The van der Waals surface area contributed by atoms with Crippen molar-refractivity contribution in [3.8, 4) is 0 Å². The first-order chi connectivity index (χ1) is 12.0. The van der Waals surface area contributed by atoms with Crippen LogP contribution in [0.15, 0.2) is 33.6 Å². The minimum atomic E-state index is -0.187. The number of rotatable bonds is 5. The molecule has 0 radical (unpaired) electrons. The molecule has 1 saturated heterocycles. The van der Waals surface area contributed by atoms with Gasteiger partial charge in [0, 0.05) is 29.5 Å². The Bertz CT molecular complexity index is 772. The Morgan fingerprint density at radius 3 is 2.68 bits per heavy atom. The lowest BCUT2D eigenvalue weighted by atomic mass is 10.1. The Morgan fingerprint density at radius 2 is 2.04 bits per heavy atom. The number of amides is 2. The largest absolute Gasteiger partial charge is 0.407 e. The first kappa shape index (κ1) is 17.5. The Morgan fingerprint density at radius 1 is 1.32 bits per heavy atom. The molecule has 2 amide bonds. The van der Waals surface area contributed by atoms with E-state index in [1.165, 1.54) is 0 Å². The molecule has 25 heavy (non-hydrogen) atoms. The van der Waals surface area contributed by atoms with Gasteiger partial charge in [-0.1, -0.05) is 18.9 Å². The lowest BCUT2D eigenvalue weighted by Gasteiger charge is -2.16. The summed E-state index contributed by atoms with van der Waals surface area (Å²) in [5.74, 6) is -0.148. The number of benzene rings is 1. The van der Waals surface area contributed by atoms with Crippen LogP contribution in [0.2, 0.25) is 0 Å². The molecule has 1 aliphatic rings. The van der Waals surface area contributed by atoms with Crippen molar-refractivity contribution >= 4 is 35.3 Å². The van der Waals surface area contributed by atoms with E-state index in [1.807, 2.05) is 30.5 Å². The minimum Gasteiger partial charge on any atom is -0.407 e. The van der Waals surface area contributed by atoms with E-state index in [1.54, 1.807) is 30.5 Å². The zero-order valence-electron chi connectivity index (χ0n) is 14.4. The molecule has 0 aliphatic carbocycles. The van der Waals surface area contributed by atoms with Gasteiger partial charge in [0.25, 0.3) is 0 Å². The maximum absolute atomic E-state index is 12.3. The summed E-state index contributed by atoms with van der Waals surface area (Å²) in [4.78, 5) is 26.9. The van der Waals surface area contributed by atoms with Crippen LogP contribution in [-0.2, 0) is 9.59 Å². The van der Waals surface area contributed by atoms with E-state index in [0.717, 1.165) is 10.6 Å². The minimum absolute atomic E-state index is 0.0212. The van der Waals surface area contributed by atoms with E-state index in [0.29, 0.717) is 18.9 Å². The lowest BCUT2D eigenvalue weighted by molar-refractivity contribution is -0.119. The molecule has 0 saturated carbocycles. The Balaban J connectivity index is 1.70. The molecule has 132 valence electrons. The number of nitrogens with one attached hydrogen (secondary N) is 1. The first-order valence-electron chi connectivity index (χ1n) is 8.06. The predicted octanol–water partition coefficient (Wildman–Crippen LogP) is 2.91. The van der Waals surface area contributed by atoms with E-state index >= 15 is 0 Å². The zero-order valence-corrected chi connectivity index (χ0v) is 15.2. The number of carbonyl (C=O) groups is 2. The lowest BCUT2D eigenvalue weighted by Crippen LogP contribution is -2.24. The van der Waals surface area contributed by atoms with Crippen LogP contribution in [0.3, 0.4) is 0 Å². The maximum atomic E-state index is 12.3. The van der Waals surface area contributed by atoms with E-state index in [2.05, 4.69) is 15.5 Å². The number of hydrogen-bond donors (Lipinski definition) is 1. The van der Waals surface area contributed by atoms with Crippen molar-refractivity contribution in [1.29, 1.82) is 0 Å². The van der Waals surface area contributed by atoms with Gasteiger partial charge in [0.2, 0.25) is 17.7 Å². The van der Waals surface area contributed by atoms with Crippen molar-refractivity contribution in [3.63, 3.8) is 0 Å². The van der Waals surface area contributed by atoms with E-state index in [-0.39, 0.29) is 29.7 Å². The predicted molar refractivity (Wildman–Crippen MR) is 95.7 cm³/mol. The summed E-state index contributed by atoms with van der Waals surface area (Å²) < 4.78 is 5.52. The van der Waals surface area contributed by atoms with Gasteiger partial charge >= 0.3 is 6.01 Å². The highest BCUT2D eigenvalue weighted by Crippen LogP contribution is 2.32. The first-order valence-corrected chi connectivity index (χ1v) is 9.29. The van der Waals surface area contributed by atoms with Crippen LogP contribution < -0.4 is 10.2 Å². The zero-order chi connectivity index (χ0) is 18.0. The second kappa shape index (κ2) is 7.26. The highest BCUT2D eigenvalue weighted by Gasteiger charge is 2.35. The highest BCUT2D eigenvalue weighted by atomic mass is 32.2. The molecular formula is C17H20N4O3S. The normalized spacial score (nSPS) is 17.4. The third-order valence-corrected chi connectivity index (χ3v) is 4.80. The third kappa shape index (κ3) is 3.84. The highest BCUT2D eigenvalue weighted by molar-refractivity contribution is 7.98. The smallest absolute Gasteiger partial charge is 0.322 e. The number of thioether (sulfide) groups is 1. The van der Waals surface area contributed by atoms with Crippen LogP contribution in [-0.4, -0.2) is 34.8 Å². The molecule has 1 aliphatic heterocycles. The van der Waals surface area contributed by atoms with Gasteiger partial charge in [0.05, 0.1) is 5.92 Å². The van der Waals surface area contributed by atoms with Gasteiger partial charge in [0.15, 0.2) is 0 Å². The van der Waals surface area contributed by atoms with Gasteiger partial charge in [-0.3, -0.25) is 14.9 Å². The number of hydrogen-bond acceptors (Lipinski definition) is 6. The van der Waals surface area contributed by atoms with Gasteiger partial charge in [-0.05, 0) is 30.5 Å². The van der Waals surface area contributed by atoms with E-state index < -0.39 is 0 Å². The molecule has 7 nitrogen and oxygen atoms in total. The molecule has 1 fully saturated rings. The number of nitrogens with zero attached hydrogens (tertiary/aromatic N) is 3. The summed E-state index contributed by atoms with van der Waals surface area (Å²) in [6.45, 7) is 4.04. The molecule has 2 aromatic rings. The standard InChI is InChI=1S/C17H20N4O3S/c1-10(2)15(23)18-17-20-19-16(24-17)11-8-14(22)21(9-11)12-4-6-13(25-3)7-5-12/h4-7,10-11H,8-9H2,1-3H3,(H,18,20,23)/t11-/m0/s1. The summed E-state index contributed by atoms with van der Waals surface area (Å²) in [6.07, 6.45) is 2.32. The van der Waals surface area contributed by atoms with Crippen LogP contribution >= 0.6 is 11.8 Å². The molecule has 3 rings (SSSR count). The van der Waals surface area contributed by atoms with Crippen molar-refractivity contribution < 1.29 is 14.0 Å². The molecule has 8 heteroatoms. The van der Waals surface area contributed by atoms with Crippen LogP contribution in [0.4, 0.5) is 11.7 Å². The number of aromatic nitrogens is 2. The summed E-state index contributed by atoms with van der Waals surface area (Å²) in [6, 6.07) is 7.94. The van der Waals surface area contributed by atoms with E-state index in [4.69, 9.17) is 4.42 Å². The molecule has 1 aromatic heterocycles. The Labute approximate surface area is 150 Å². The van der Waals surface area contributed by atoms with Gasteiger partial charge in [-0.25, -0.2) is 0 Å². The van der Waals surface area contributed by atoms with E-state index in [9.17, 15) is 9.59 Å². The summed E-state index contributed by atoms with van der Waals surface area (Å²) in [5, 5.41) is 10.4. The summed E-state index contributed by atoms with van der Waals surface area (Å²) in [5.41, 5.74) is 0.859. The van der Waals surface area contributed by atoms with Crippen molar-refractivity contribution in [2.45, 2.75) is 31.1 Å². The second-order valence-electron chi connectivity index (χ2n) is 6.19. The van der Waals surface area contributed by atoms with Crippen LogP contribution in [0.1, 0.15) is 32.1 Å². The fraction of sp³-hybridized carbons (Fsp3) is 0.412. The fourth-order valence-corrected chi connectivity index (χ4v) is 2.99. The van der Waals surface area contributed by atoms with Crippen molar-refractivity contribution in [3.05, 3.63) is 30.2 Å². The molecular weight excluding hydrogens is 340 g/mol. The molecule has 1 aromatic carbocycles. The van der Waals surface area contributed by atoms with Gasteiger partial charge in [-0.2, -0.15) is 0 Å². The van der Waals surface area contributed by atoms with Crippen molar-refractivity contribution in [1.82, 2.24) is 10.2 Å². The van der Waals surface area contributed by atoms with Gasteiger partial charge < -0.3 is 9.32 Å². The van der Waals surface area contributed by atoms with Gasteiger partial charge in [0.1, 0.15) is 0 Å². The monoisotopic (exact) mass is 360 g/mol. The second-order valence-corrected chi connectivity index (χ2v) is 7.07. The van der Waals surface area contributed by atoms with Crippen molar-refractivity contribution in [2.24, 2.45) is 5.92 Å². The quantitative estimate of drug-likeness (QED) is 0.825. The number of carbonyl (C=O) groups excluding carboxylic acids is 2. The van der Waals surface area contributed by atoms with Crippen LogP contribution in [0.25, 0.3) is 0 Å². The van der Waals surface area contributed by atoms with Crippen LogP contribution in [0.5, 0.6) is 0 Å². The summed E-state index contributed by atoms with van der Waals surface area (Å²) in [7, 11) is 0.